The zero-order valence-corrected chi connectivity index (χ0v) is 12.6. The molecular formula is C17H12Cl2O2. The Morgan fingerprint density at radius 3 is 2.57 bits per heavy atom. The molecule has 106 valence electrons. The fraction of sp³-hybridized carbons (Fsp3) is 0.118. The Morgan fingerprint density at radius 1 is 1.10 bits per heavy atom. The van der Waals surface area contributed by atoms with E-state index in [9.17, 15) is 4.79 Å². The van der Waals surface area contributed by atoms with E-state index in [1.807, 2.05) is 42.5 Å². The lowest BCUT2D eigenvalue weighted by molar-refractivity contribution is -0.139. The van der Waals surface area contributed by atoms with Crippen LogP contribution in [0.3, 0.4) is 0 Å². The van der Waals surface area contributed by atoms with Gasteiger partial charge in [-0.1, -0.05) is 65.7 Å². The molecule has 0 spiro atoms. The highest BCUT2D eigenvalue weighted by atomic mass is 35.5. The molecule has 3 rings (SSSR count). The van der Waals surface area contributed by atoms with Crippen LogP contribution in [0.25, 0.3) is 5.03 Å². The number of esters is 1. The van der Waals surface area contributed by atoms with Gasteiger partial charge >= 0.3 is 5.97 Å². The maximum absolute atomic E-state index is 12.1. The second kappa shape index (κ2) is 5.92. The van der Waals surface area contributed by atoms with Crippen LogP contribution in [0.2, 0.25) is 5.02 Å². The molecule has 0 amide bonds. The van der Waals surface area contributed by atoms with Crippen molar-refractivity contribution in [1.29, 1.82) is 0 Å². The molecule has 1 fully saturated rings. The van der Waals surface area contributed by atoms with E-state index in [-0.39, 0.29) is 12.1 Å². The van der Waals surface area contributed by atoms with Gasteiger partial charge in [-0.2, -0.15) is 0 Å². The third kappa shape index (κ3) is 2.97. The van der Waals surface area contributed by atoms with Gasteiger partial charge in [-0.3, -0.25) is 0 Å². The Hall–Kier alpha value is -1.77. The van der Waals surface area contributed by atoms with Crippen molar-refractivity contribution >= 4 is 34.2 Å². The van der Waals surface area contributed by atoms with Crippen LogP contribution in [0.5, 0.6) is 0 Å². The molecule has 0 aromatic heterocycles. The fourth-order valence-electron chi connectivity index (χ4n) is 2.34. The molecular weight excluding hydrogens is 307 g/mol. The summed E-state index contributed by atoms with van der Waals surface area (Å²) in [5.41, 5.74) is 2.20. The molecule has 0 N–H and O–H groups in total. The summed E-state index contributed by atoms with van der Waals surface area (Å²) in [6, 6.07) is 16.7. The first-order chi connectivity index (χ1) is 10.1. The smallest absolute Gasteiger partial charge is 0.336 e. The van der Waals surface area contributed by atoms with E-state index in [0.29, 0.717) is 22.0 Å². The Bertz CT molecular complexity index is 708. The molecule has 1 heterocycles. The van der Waals surface area contributed by atoms with Gasteiger partial charge in [0, 0.05) is 11.4 Å². The third-order valence-corrected chi connectivity index (χ3v) is 4.08. The first-order valence-electron chi connectivity index (χ1n) is 6.55. The number of hydrogen-bond acceptors (Lipinski definition) is 2. The van der Waals surface area contributed by atoms with E-state index in [2.05, 4.69) is 0 Å². The Kier molecular flexibility index (Phi) is 4.00. The van der Waals surface area contributed by atoms with Crippen LogP contribution in [-0.4, -0.2) is 5.97 Å². The van der Waals surface area contributed by atoms with E-state index in [0.717, 1.165) is 11.1 Å². The minimum atomic E-state index is -0.367. The van der Waals surface area contributed by atoms with E-state index < -0.39 is 0 Å². The van der Waals surface area contributed by atoms with Crippen LogP contribution in [0.1, 0.15) is 23.7 Å². The van der Waals surface area contributed by atoms with Crippen molar-refractivity contribution in [2.24, 2.45) is 0 Å². The molecule has 1 aliphatic heterocycles. The molecule has 0 aliphatic carbocycles. The predicted molar refractivity (Wildman–Crippen MR) is 84.1 cm³/mol. The number of halogens is 2. The molecule has 1 unspecified atom stereocenters. The standard InChI is InChI=1S/C17H12Cl2O2/c18-13-8-4-7-12(9-13)15-10-14(17(20)21-15)16(19)11-5-2-1-3-6-11/h1-9,15H,10H2/b16-14-. The van der Waals surface area contributed by atoms with Gasteiger partial charge in [0.2, 0.25) is 0 Å². The van der Waals surface area contributed by atoms with E-state index in [1.54, 1.807) is 12.1 Å². The Morgan fingerprint density at radius 2 is 1.86 bits per heavy atom. The maximum Gasteiger partial charge on any atom is 0.336 e. The lowest BCUT2D eigenvalue weighted by Gasteiger charge is -2.08. The first-order valence-corrected chi connectivity index (χ1v) is 7.31. The summed E-state index contributed by atoms with van der Waals surface area (Å²) in [6.45, 7) is 0. The average molecular weight is 319 g/mol. The molecule has 2 nitrogen and oxygen atoms in total. The van der Waals surface area contributed by atoms with Crippen LogP contribution in [-0.2, 0) is 9.53 Å². The van der Waals surface area contributed by atoms with E-state index in [4.69, 9.17) is 27.9 Å². The van der Waals surface area contributed by atoms with Crippen molar-refractivity contribution in [1.82, 2.24) is 0 Å². The van der Waals surface area contributed by atoms with Gasteiger partial charge < -0.3 is 4.74 Å². The van der Waals surface area contributed by atoms with E-state index >= 15 is 0 Å². The SMILES string of the molecule is O=C1OC(c2cccc(Cl)c2)C/C1=C(/Cl)c1ccccc1. The van der Waals surface area contributed by atoms with Gasteiger partial charge in [-0.25, -0.2) is 4.79 Å². The summed E-state index contributed by atoms with van der Waals surface area (Å²) in [5.74, 6) is -0.367. The molecule has 0 bridgehead atoms. The summed E-state index contributed by atoms with van der Waals surface area (Å²) in [4.78, 5) is 12.1. The number of hydrogen-bond donors (Lipinski definition) is 0. The highest BCUT2D eigenvalue weighted by Gasteiger charge is 2.32. The minimum absolute atomic E-state index is 0.330. The predicted octanol–water partition coefficient (Wildman–Crippen LogP) is 4.98. The number of benzene rings is 2. The number of carbonyl (C=O) groups excluding carboxylic acids is 1. The largest absolute Gasteiger partial charge is 0.454 e. The van der Waals surface area contributed by atoms with Gasteiger partial charge in [0.1, 0.15) is 6.10 Å². The Labute approximate surface area is 132 Å². The van der Waals surface area contributed by atoms with Crippen LogP contribution in [0.15, 0.2) is 60.2 Å². The summed E-state index contributed by atoms with van der Waals surface area (Å²) in [6.07, 6.45) is 0.121. The molecule has 1 saturated heterocycles. The molecule has 1 aliphatic rings. The Balaban J connectivity index is 1.92. The molecule has 0 saturated carbocycles. The van der Waals surface area contributed by atoms with Crippen LogP contribution in [0.4, 0.5) is 0 Å². The second-order valence-corrected chi connectivity index (χ2v) is 5.63. The third-order valence-electron chi connectivity index (χ3n) is 3.40. The van der Waals surface area contributed by atoms with Crippen LogP contribution < -0.4 is 0 Å². The van der Waals surface area contributed by atoms with Gasteiger partial charge in [0.05, 0.1) is 10.6 Å². The van der Waals surface area contributed by atoms with Crippen LogP contribution in [0, 0.1) is 0 Å². The zero-order valence-electron chi connectivity index (χ0n) is 11.1. The molecule has 2 aromatic carbocycles. The normalized spacial score (nSPS) is 20.3. The molecule has 1 atom stereocenters. The number of carbonyl (C=O) groups is 1. The highest BCUT2D eigenvalue weighted by molar-refractivity contribution is 6.51. The lowest BCUT2D eigenvalue weighted by Crippen LogP contribution is -1.99. The lowest BCUT2D eigenvalue weighted by atomic mass is 10.0. The van der Waals surface area contributed by atoms with Crippen molar-refractivity contribution < 1.29 is 9.53 Å². The summed E-state index contributed by atoms with van der Waals surface area (Å²) >= 11 is 12.3. The van der Waals surface area contributed by atoms with Crippen molar-refractivity contribution in [2.75, 3.05) is 0 Å². The molecule has 0 radical (unpaired) electrons. The van der Waals surface area contributed by atoms with Crippen molar-refractivity contribution in [3.05, 3.63) is 76.3 Å². The summed E-state index contributed by atoms with van der Waals surface area (Å²) in [5, 5.41) is 1.07. The second-order valence-electron chi connectivity index (χ2n) is 4.81. The van der Waals surface area contributed by atoms with Gasteiger partial charge in [-0.15, -0.1) is 0 Å². The van der Waals surface area contributed by atoms with Crippen molar-refractivity contribution in [3.8, 4) is 0 Å². The monoisotopic (exact) mass is 318 g/mol. The zero-order chi connectivity index (χ0) is 14.8. The maximum atomic E-state index is 12.1. The topological polar surface area (TPSA) is 26.3 Å². The minimum Gasteiger partial charge on any atom is -0.454 e. The van der Waals surface area contributed by atoms with Crippen molar-refractivity contribution in [2.45, 2.75) is 12.5 Å². The summed E-state index contributed by atoms with van der Waals surface area (Å²) in [7, 11) is 0. The number of rotatable bonds is 2. The quantitative estimate of drug-likeness (QED) is 0.576. The summed E-state index contributed by atoms with van der Waals surface area (Å²) < 4.78 is 5.42. The highest BCUT2D eigenvalue weighted by Crippen LogP contribution is 2.38. The number of ether oxygens (including phenoxy) is 1. The van der Waals surface area contributed by atoms with Gasteiger partial charge in [0.25, 0.3) is 0 Å². The first kappa shape index (κ1) is 14.2. The van der Waals surface area contributed by atoms with Crippen LogP contribution >= 0.6 is 23.2 Å². The fourth-order valence-corrected chi connectivity index (χ4v) is 2.82. The van der Waals surface area contributed by atoms with Gasteiger partial charge in [0.15, 0.2) is 0 Å². The van der Waals surface area contributed by atoms with E-state index in [1.165, 1.54) is 0 Å². The van der Waals surface area contributed by atoms with Crippen molar-refractivity contribution in [3.63, 3.8) is 0 Å². The van der Waals surface area contributed by atoms with Gasteiger partial charge in [-0.05, 0) is 23.3 Å². The molecule has 4 heteroatoms. The number of cyclic esters (lactones) is 1. The average Bonchev–Trinajstić information content (AvgIpc) is 2.89. The molecule has 21 heavy (non-hydrogen) atoms. The molecule has 2 aromatic rings.